The summed E-state index contributed by atoms with van der Waals surface area (Å²) in [7, 11) is 0. The number of aromatic nitrogens is 4. The lowest BCUT2D eigenvalue weighted by molar-refractivity contribution is -0.0706. The fourth-order valence-electron chi connectivity index (χ4n) is 7.28. The molecular formula is C28H35N5O2. The number of rotatable bonds is 9. The number of tetrazole rings is 1. The van der Waals surface area contributed by atoms with E-state index in [1.165, 1.54) is 44.1 Å². The lowest BCUT2D eigenvalue weighted by Gasteiger charge is -2.59. The van der Waals surface area contributed by atoms with Gasteiger partial charge in [-0.05, 0) is 116 Å². The Morgan fingerprint density at radius 2 is 1.71 bits per heavy atom. The minimum atomic E-state index is 0.304. The maximum atomic E-state index is 6.11. The minimum Gasteiger partial charge on any atom is -0.490 e. The van der Waals surface area contributed by atoms with Crippen LogP contribution in [0.2, 0.25) is 0 Å². The maximum absolute atomic E-state index is 6.11. The van der Waals surface area contributed by atoms with Crippen LogP contribution in [0.1, 0.15) is 57.9 Å². The van der Waals surface area contributed by atoms with Crippen molar-refractivity contribution in [3.63, 3.8) is 0 Å². The van der Waals surface area contributed by atoms with Crippen molar-refractivity contribution in [2.24, 2.45) is 23.2 Å². The fraction of sp³-hybridized carbons (Fsp3) is 0.536. The average Bonchev–Trinajstić information content (AvgIpc) is 3.32. The van der Waals surface area contributed by atoms with Crippen LogP contribution in [0.15, 0.2) is 48.5 Å². The Morgan fingerprint density at radius 3 is 2.40 bits per heavy atom. The molecule has 1 N–H and O–H groups in total. The summed E-state index contributed by atoms with van der Waals surface area (Å²) in [5.74, 6) is 4.23. The summed E-state index contributed by atoms with van der Waals surface area (Å²) in [6.07, 6.45) is 8.71. The molecule has 1 unspecified atom stereocenters. The molecule has 4 aliphatic carbocycles. The van der Waals surface area contributed by atoms with E-state index in [1.54, 1.807) is 4.68 Å². The van der Waals surface area contributed by atoms with E-state index in [4.69, 9.17) is 9.47 Å². The lowest BCUT2D eigenvalue weighted by atomic mass is 9.48. The zero-order chi connectivity index (χ0) is 23.8. The maximum Gasteiger partial charge on any atom is 0.346 e. The van der Waals surface area contributed by atoms with E-state index in [0.717, 1.165) is 30.0 Å². The molecule has 4 saturated carbocycles. The molecule has 4 bridgehead atoms. The molecule has 0 aliphatic heterocycles. The zero-order valence-electron chi connectivity index (χ0n) is 20.7. The molecule has 0 amide bonds. The molecule has 7 heteroatoms. The molecule has 3 aromatic rings. The molecule has 7 nitrogen and oxygen atoms in total. The number of ether oxygens (including phenoxy) is 2. The van der Waals surface area contributed by atoms with Gasteiger partial charge in [-0.2, -0.15) is 4.68 Å². The Balaban J connectivity index is 1.16. The summed E-state index contributed by atoms with van der Waals surface area (Å²) in [6.45, 7) is 5.78. The Kier molecular flexibility index (Phi) is 5.96. The highest BCUT2D eigenvalue weighted by Gasteiger charge is 2.52. The monoisotopic (exact) mass is 473 g/mol. The Hall–Kier alpha value is -2.93. The molecule has 4 aliphatic rings. The van der Waals surface area contributed by atoms with Crippen LogP contribution in [0.25, 0.3) is 5.69 Å². The van der Waals surface area contributed by atoms with Gasteiger partial charge in [0.15, 0.2) is 11.5 Å². The Morgan fingerprint density at radius 1 is 1.00 bits per heavy atom. The van der Waals surface area contributed by atoms with Crippen LogP contribution in [0, 0.1) is 23.2 Å². The molecule has 184 valence electrons. The van der Waals surface area contributed by atoms with Crippen LogP contribution < -0.4 is 14.8 Å². The summed E-state index contributed by atoms with van der Waals surface area (Å²) < 4.78 is 13.6. The van der Waals surface area contributed by atoms with Crippen molar-refractivity contribution in [2.45, 2.75) is 65.0 Å². The van der Waals surface area contributed by atoms with Crippen LogP contribution in [0.5, 0.6) is 17.5 Å². The van der Waals surface area contributed by atoms with Crippen LogP contribution in [-0.4, -0.2) is 32.9 Å². The van der Waals surface area contributed by atoms with Gasteiger partial charge in [0.05, 0.1) is 12.3 Å². The van der Waals surface area contributed by atoms with Gasteiger partial charge in [-0.1, -0.05) is 29.4 Å². The minimum absolute atomic E-state index is 0.304. The van der Waals surface area contributed by atoms with Crippen molar-refractivity contribution >= 4 is 0 Å². The van der Waals surface area contributed by atoms with Gasteiger partial charge in [0.2, 0.25) is 0 Å². The fourth-order valence-corrected chi connectivity index (χ4v) is 7.28. The first kappa shape index (κ1) is 22.5. The smallest absolute Gasteiger partial charge is 0.346 e. The Labute approximate surface area is 207 Å². The third kappa shape index (κ3) is 4.42. The van der Waals surface area contributed by atoms with Crippen LogP contribution in [0.4, 0.5) is 0 Å². The molecule has 1 aromatic heterocycles. The highest BCUT2D eigenvalue weighted by molar-refractivity contribution is 5.45. The van der Waals surface area contributed by atoms with Crippen molar-refractivity contribution in [1.82, 2.24) is 25.5 Å². The van der Waals surface area contributed by atoms with Gasteiger partial charge in [0, 0.05) is 12.6 Å². The van der Waals surface area contributed by atoms with Crippen LogP contribution in [-0.2, 0) is 6.54 Å². The molecule has 1 atom stereocenters. The second-order valence-corrected chi connectivity index (χ2v) is 10.9. The number of hydrogen-bond donors (Lipinski definition) is 1. The number of nitrogens with zero attached hydrogens (tertiary/aromatic N) is 4. The first-order valence-corrected chi connectivity index (χ1v) is 13.1. The number of benzene rings is 2. The average molecular weight is 474 g/mol. The molecule has 35 heavy (non-hydrogen) atoms. The SMILES string of the molecule is CCOc1cc(CNC(C)C23CC4CC(CC(C4)C2)C3)ccc1Oc1nnnn1-c1ccccc1. The molecular weight excluding hydrogens is 438 g/mol. The molecule has 0 spiro atoms. The van der Waals surface area contributed by atoms with Crippen molar-refractivity contribution in [1.29, 1.82) is 0 Å². The first-order chi connectivity index (χ1) is 17.1. The first-order valence-electron chi connectivity index (χ1n) is 13.1. The number of para-hydroxylation sites is 1. The van der Waals surface area contributed by atoms with Crippen molar-refractivity contribution in [3.05, 3.63) is 54.1 Å². The molecule has 2 aromatic carbocycles. The zero-order valence-corrected chi connectivity index (χ0v) is 20.7. The second kappa shape index (κ2) is 9.26. The van der Waals surface area contributed by atoms with Gasteiger partial charge in [-0.15, -0.1) is 0 Å². The van der Waals surface area contributed by atoms with E-state index in [9.17, 15) is 0 Å². The van der Waals surface area contributed by atoms with Crippen molar-refractivity contribution < 1.29 is 9.47 Å². The van der Waals surface area contributed by atoms with Crippen molar-refractivity contribution in [2.75, 3.05) is 6.61 Å². The van der Waals surface area contributed by atoms with E-state index >= 15 is 0 Å². The molecule has 0 saturated heterocycles. The standard InChI is InChI=1S/C28H35N5O2/c1-3-34-26-14-20(18-29-19(2)28-15-21-11-22(16-28)13-23(12-21)17-28)9-10-25(26)35-27-30-31-32-33(27)24-7-5-4-6-8-24/h4-10,14,19,21-23,29H,3,11-13,15-18H2,1-2H3. The Bertz CT molecular complexity index is 1130. The van der Waals surface area contributed by atoms with E-state index in [2.05, 4.69) is 39.9 Å². The lowest BCUT2D eigenvalue weighted by Crippen LogP contribution is -2.54. The predicted octanol–water partition coefficient (Wildman–Crippen LogP) is 5.55. The van der Waals surface area contributed by atoms with Gasteiger partial charge < -0.3 is 14.8 Å². The van der Waals surface area contributed by atoms with Gasteiger partial charge in [-0.25, -0.2) is 0 Å². The second-order valence-electron chi connectivity index (χ2n) is 10.9. The molecule has 0 radical (unpaired) electrons. The molecule has 1 heterocycles. The molecule has 7 rings (SSSR count). The summed E-state index contributed by atoms with van der Waals surface area (Å²) in [4.78, 5) is 0. The van der Waals surface area contributed by atoms with E-state index in [1.807, 2.05) is 43.3 Å². The summed E-state index contributed by atoms with van der Waals surface area (Å²) in [6, 6.07) is 16.7. The highest BCUT2D eigenvalue weighted by atomic mass is 16.5. The van der Waals surface area contributed by atoms with Crippen LogP contribution >= 0.6 is 0 Å². The third-order valence-electron chi connectivity index (χ3n) is 8.57. The quantitative estimate of drug-likeness (QED) is 0.439. The summed E-state index contributed by atoms with van der Waals surface area (Å²) in [5.41, 5.74) is 2.53. The van der Waals surface area contributed by atoms with Gasteiger partial charge in [0.25, 0.3) is 0 Å². The van der Waals surface area contributed by atoms with Crippen molar-refractivity contribution in [3.8, 4) is 23.2 Å². The van der Waals surface area contributed by atoms with E-state index < -0.39 is 0 Å². The van der Waals surface area contributed by atoms with E-state index in [0.29, 0.717) is 35.6 Å². The summed E-state index contributed by atoms with van der Waals surface area (Å²) >= 11 is 0. The largest absolute Gasteiger partial charge is 0.490 e. The van der Waals surface area contributed by atoms with Gasteiger partial charge in [-0.3, -0.25) is 0 Å². The third-order valence-corrected chi connectivity index (χ3v) is 8.57. The van der Waals surface area contributed by atoms with E-state index in [-0.39, 0.29) is 0 Å². The topological polar surface area (TPSA) is 74.1 Å². The highest BCUT2D eigenvalue weighted by Crippen LogP contribution is 2.61. The normalized spacial score (nSPS) is 27.7. The molecule has 4 fully saturated rings. The predicted molar refractivity (Wildman–Crippen MR) is 134 cm³/mol. The van der Waals surface area contributed by atoms with Gasteiger partial charge >= 0.3 is 6.01 Å². The summed E-state index contributed by atoms with van der Waals surface area (Å²) in [5, 5.41) is 15.8. The number of hydrogen-bond acceptors (Lipinski definition) is 6. The van der Waals surface area contributed by atoms with Gasteiger partial charge in [0.1, 0.15) is 0 Å². The number of nitrogens with one attached hydrogen (secondary N) is 1. The van der Waals surface area contributed by atoms with Crippen LogP contribution in [0.3, 0.4) is 0 Å².